The van der Waals surface area contributed by atoms with E-state index in [-0.39, 0.29) is 19.3 Å². The number of aliphatic hydroxyl groups is 1. The molecule has 3 unspecified atom stereocenters. The van der Waals surface area contributed by atoms with Crippen LogP contribution >= 0.6 is 0 Å². The van der Waals surface area contributed by atoms with Gasteiger partial charge in [-0.1, -0.05) is 55.0 Å². The SMILES string of the molecule is OC(COc1ccc(Cc2ccc(OCCCCCC3CO3)cc2)cc1)COc1ccc(Cc2ccc(OCC3CO3)cc2)cc1. The molecule has 0 bridgehead atoms. The lowest BCUT2D eigenvalue weighted by atomic mass is 10.0. The number of rotatable bonds is 20. The standard InChI is InChI=1S/C39H44O7/c40-33(25-43-36-17-9-31(10-18-36)23-32-11-19-37(20-12-32)44-27-39-28-46-39)24-42-35-15-7-30(8-16-35)22-29-5-13-34(14-6-29)41-21-3-1-2-4-38-26-45-38/h5-20,33,38-40H,1-4,21-28H2. The molecule has 2 aliphatic heterocycles. The van der Waals surface area contributed by atoms with Gasteiger partial charge in [0, 0.05) is 0 Å². The molecule has 0 saturated carbocycles. The molecular weight excluding hydrogens is 580 g/mol. The van der Waals surface area contributed by atoms with E-state index >= 15 is 0 Å². The zero-order chi connectivity index (χ0) is 31.4. The van der Waals surface area contributed by atoms with Crippen LogP contribution in [0.25, 0.3) is 0 Å². The Hall–Kier alpha value is -4.04. The van der Waals surface area contributed by atoms with Gasteiger partial charge in [0.15, 0.2) is 0 Å². The normalized spacial score (nSPS) is 17.2. The molecule has 7 heteroatoms. The summed E-state index contributed by atoms with van der Waals surface area (Å²) in [5, 5.41) is 10.4. The number of unbranched alkanes of at least 4 members (excludes halogenated alkanes) is 2. The van der Waals surface area contributed by atoms with Gasteiger partial charge in [-0.15, -0.1) is 0 Å². The molecular formula is C39H44O7. The van der Waals surface area contributed by atoms with Gasteiger partial charge in [-0.05, 0) is 103 Å². The van der Waals surface area contributed by atoms with Gasteiger partial charge in [-0.25, -0.2) is 0 Å². The van der Waals surface area contributed by atoms with Crippen LogP contribution in [0.5, 0.6) is 23.0 Å². The Kier molecular flexibility index (Phi) is 11.5. The molecule has 0 amide bonds. The van der Waals surface area contributed by atoms with E-state index in [0.29, 0.717) is 18.5 Å². The molecule has 0 aliphatic carbocycles. The smallest absolute Gasteiger partial charge is 0.122 e. The van der Waals surface area contributed by atoms with Crippen molar-refractivity contribution in [2.24, 2.45) is 0 Å². The predicted molar refractivity (Wildman–Crippen MR) is 177 cm³/mol. The van der Waals surface area contributed by atoms with Gasteiger partial charge in [0.2, 0.25) is 0 Å². The number of benzene rings is 4. The lowest BCUT2D eigenvalue weighted by Gasteiger charge is -2.14. The van der Waals surface area contributed by atoms with Crippen LogP contribution in [0.2, 0.25) is 0 Å². The summed E-state index contributed by atoms with van der Waals surface area (Å²) in [6, 6.07) is 32.5. The van der Waals surface area contributed by atoms with Crippen LogP contribution in [-0.2, 0) is 22.3 Å². The molecule has 7 nitrogen and oxygen atoms in total. The molecule has 2 aliphatic rings. The summed E-state index contributed by atoms with van der Waals surface area (Å²) in [5.41, 5.74) is 4.81. The molecule has 6 rings (SSSR count). The third-order valence-corrected chi connectivity index (χ3v) is 8.07. The summed E-state index contributed by atoms with van der Waals surface area (Å²) in [6.45, 7) is 3.42. The Morgan fingerprint density at radius 3 is 1.37 bits per heavy atom. The topological polar surface area (TPSA) is 82.2 Å². The highest BCUT2D eigenvalue weighted by molar-refractivity contribution is 5.35. The van der Waals surface area contributed by atoms with Crippen molar-refractivity contribution in [1.29, 1.82) is 0 Å². The summed E-state index contributed by atoms with van der Waals surface area (Å²) in [7, 11) is 0. The summed E-state index contributed by atoms with van der Waals surface area (Å²) < 4.78 is 33.6. The maximum atomic E-state index is 10.4. The molecule has 0 spiro atoms. The van der Waals surface area contributed by atoms with Crippen LogP contribution in [0.3, 0.4) is 0 Å². The van der Waals surface area contributed by atoms with Gasteiger partial charge in [-0.3, -0.25) is 0 Å². The first-order valence-corrected chi connectivity index (χ1v) is 16.4. The minimum atomic E-state index is -0.746. The minimum Gasteiger partial charge on any atom is -0.494 e. The quantitative estimate of drug-likeness (QED) is 0.0855. The molecule has 2 saturated heterocycles. The van der Waals surface area contributed by atoms with Gasteiger partial charge in [-0.2, -0.15) is 0 Å². The summed E-state index contributed by atoms with van der Waals surface area (Å²) in [6.07, 6.45) is 6.35. The van der Waals surface area contributed by atoms with Gasteiger partial charge < -0.3 is 33.5 Å². The summed E-state index contributed by atoms with van der Waals surface area (Å²) in [5.74, 6) is 3.22. The molecule has 4 aromatic rings. The largest absolute Gasteiger partial charge is 0.494 e. The van der Waals surface area contributed by atoms with E-state index in [4.69, 9.17) is 28.4 Å². The van der Waals surface area contributed by atoms with Gasteiger partial charge in [0.25, 0.3) is 0 Å². The van der Waals surface area contributed by atoms with Crippen LogP contribution in [-0.4, -0.2) is 63.1 Å². The fourth-order valence-electron chi connectivity index (χ4n) is 5.15. The van der Waals surface area contributed by atoms with E-state index in [1.807, 2.05) is 60.7 Å². The number of aliphatic hydroxyl groups excluding tert-OH is 1. The first-order chi connectivity index (χ1) is 22.6. The average Bonchev–Trinajstić information content (AvgIpc) is 4.03. The van der Waals surface area contributed by atoms with Crippen molar-refractivity contribution in [1.82, 2.24) is 0 Å². The van der Waals surface area contributed by atoms with E-state index in [2.05, 4.69) is 36.4 Å². The highest BCUT2D eigenvalue weighted by atomic mass is 16.6. The molecule has 0 radical (unpaired) electrons. The Morgan fingerprint density at radius 2 is 0.935 bits per heavy atom. The van der Waals surface area contributed by atoms with Crippen molar-refractivity contribution < 1.29 is 33.5 Å². The predicted octanol–water partition coefficient (Wildman–Crippen LogP) is 6.80. The van der Waals surface area contributed by atoms with Crippen molar-refractivity contribution in [3.63, 3.8) is 0 Å². The second-order valence-corrected chi connectivity index (χ2v) is 12.1. The first-order valence-electron chi connectivity index (χ1n) is 16.4. The maximum absolute atomic E-state index is 10.4. The van der Waals surface area contributed by atoms with Crippen molar-refractivity contribution in [3.05, 3.63) is 119 Å². The first kappa shape index (κ1) is 31.9. The molecule has 4 aromatic carbocycles. The van der Waals surface area contributed by atoms with E-state index in [1.54, 1.807) is 0 Å². The van der Waals surface area contributed by atoms with Gasteiger partial charge in [0.1, 0.15) is 55.0 Å². The van der Waals surface area contributed by atoms with Crippen LogP contribution in [0, 0.1) is 0 Å². The highest BCUT2D eigenvalue weighted by Crippen LogP contribution is 2.21. The number of hydrogen-bond donors (Lipinski definition) is 1. The van der Waals surface area contributed by atoms with E-state index in [1.165, 1.54) is 41.5 Å². The molecule has 46 heavy (non-hydrogen) atoms. The Bertz CT molecular complexity index is 1440. The monoisotopic (exact) mass is 624 g/mol. The fraction of sp³-hybridized carbons (Fsp3) is 0.385. The minimum absolute atomic E-state index is 0.153. The zero-order valence-electron chi connectivity index (χ0n) is 26.4. The zero-order valence-corrected chi connectivity index (χ0v) is 26.4. The lowest BCUT2D eigenvalue weighted by Crippen LogP contribution is -2.25. The van der Waals surface area contributed by atoms with E-state index in [0.717, 1.165) is 56.3 Å². The molecule has 0 aromatic heterocycles. The molecule has 3 atom stereocenters. The van der Waals surface area contributed by atoms with Crippen molar-refractivity contribution >= 4 is 0 Å². The van der Waals surface area contributed by atoms with Gasteiger partial charge in [0.05, 0.1) is 25.9 Å². The maximum Gasteiger partial charge on any atom is 0.122 e. The summed E-state index contributed by atoms with van der Waals surface area (Å²) in [4.78, 5) is 0. The molecule has 242 valence electrons. The second kappa shape index (κ2) is 16.5. The van der Waals surface area contributed by atoms with Crippen LogP contribution in [0.1, 0.15) is 47.9 Å². The van der Waals surface area contributed by atoms with Crippen LogP contribution in [0.4, 0.5) is 0 Å². The summed E-state index contributed by atoms with van der Waals surface area (Å²) >= 11 is 0. The van der Waals surface area contributed by atoms with E-state index < -0.39 is 6.10 Å². The Morgan fingerprint density at radius 1 is 0.522 bits per heavy atom. The number of epoxide rings is 2. The van der Waals surface area contributed by atoms with Crippen molar-refractivity contribution in [3.8, 4) is 23.0 Å². The Balaban J connectivity index is 0.848. The fourth-order valence-corrected chi connectivity index (χ4v) is 5.15. The van der Waals surface area contributed by atoms with Gasteiger partial charge >= 0.3 is 0 Å². The molecule has 1 N–H and O–H groups in total. The highest BCUT2D eigenvalue weighted by Gasteiger charge is 2.23. The Labute approximate surface area is 272 Å². The lowest BCUT2D eigenvalue weighted by molar-refractivity contribution is 0.0626. The third kappa shape index (κ3) is 11.1. The second-order valence-electron chi connectivity index (χ2n) is 12.1. The molecule has 2 heterocycles. The van der Waals surface area contributed by atoms with E-state index in [9.17, 15) is 5.11 Å². The number of ether oxygens (including phenoxy) is 6. The molecule has 2 fully saturated rings. The van der Waals surface area contributed by atoms with Crippen LogP contribution in [0.15, 0.2) is 97.1 Å². The average molecular weight is 625 g/mol. The number of hydrogen-bond acceptors (Lipinski definition) is 7. The van der Waals surface area contributed by atoms with Crippen LogP contribution < -0.4 is 18.9 Å². The van der Waals surface area contributed by atoms with Crippen molar-refractivity contribution in [2.75, 3.05) is 39.6 Å². The van der Waals surface area contributed by atoms with Crippen molar-refractivity contribution in [2.45, 2.75) is 56.8 Å². The third-order valence-electron chi connectivity index (χ3n) is 8.07.